The van der Waals surface area contributed by atoms with Crippen molar-refractivity contribution in [3.63, 3.8) is 0 Å². The molecular weight excluding hydrogens is 384 g/mol. The van der Waals surface area contributed by atoms with Crippen molar-refractivity contribution in [1.29, 1.82) is 0 Å². The van der Waals surface area contributed by atoms with Gasteiger partial charge in [0.1, 0.15) is 17.8 Å². The summed E-state index contributed by atoms with van der Waals surface area (Å²) in [7, 11) is 0. The van der Waals surface area contributed by atoms with Crippen molar-refractivity contribution < 1.29 is 4.79 Å². The maximum Gasteiger partial charge on any atom is 0.185 e. The lowest BCUT2D eigenvalue weighted by atomic mass is 9.99. The van der Waals surface area contributed by atoms with E-state index in [1.807, 2.05) is 6.07 Å². The Morgan fingerprint density at radius 3 is 2.77 bits per heavy atom. The fourth-order valence-electron chi connectivity index (χ4n) is 4.37. The van der Waals surface area contributed by atoms with Crippen LogP contribution < -0.4 is 4.90 Å². The topological polar surface area (TPSA) is 49.3 Å². The van der Waals surface area contributed by atoms with Crippen LogP contribution in [0.5, 0.6) is 0 Å². The summed E-state index contributed by atoms with van der Waals surface area (Å²) in [5, 5.41) is 0. The summed E-state index contributed by atoms with van der Waals surface area (Å²) in [6.07, 6.45) is 7.88. The number of allylic oxidation sites excluding steroid dienone is 1. The third-order valence-electron chi connectivity index (χ3n) is 6.40. The average molecular weight is 419 g/mol. The maximum absolute atomic E-state index is 13.0. The Kier molecular flexibility index (Phi) is 6.69. The largest absolute Gasteiger partial charge is 0.371 e. The van der Waals surface area contributed by atoms with Gasteiger partial charge >= 0.3 is 0 Å². The Morgan fingerprint density at radius 1 is 1.26 bits per heavy atom. The number of hydrogen-bond acceptors (Lipinski definition) is 5. The SMILES string of the molecule is C=C1CCCN1Cc1ccc(CC(=O)c2cc(N(CCC)CC3CC3)ncn2)c(C)c1. The number of Topliss-reactive ketones (excluding diaryl/α,β-unsaturated/α-hetero) is 1. The predicted octanol–water partition coefficient (Wildman–Crippen LogP) is 4.95. The van der Waals surface area contributed by atoms with Gasteiger partial charge in [0.25, 0.3) is 0 Å². The molecule has 2 fully saturated rings. The lowest BCUT2D eigenvalue weighted by Gasteiger charge is -2.23. The number of carbonyl (C=O) groups excluding carboxylic acids is 1. The van der Waals surface area contributed by atoms with Gasteiger partial charge < -0.3 is 9.80 Å². The quantitative estimate of drug-likeness (QED) is 0.511. The molecule has 1 aliphatic heterocycles. The molecule has 0 radical (unpaired) electrons. The molecule has 2 heterocycles. The summed E-state index contributed by atoms with van der Waals surface area (Å²) >= 11 is 0. The Morgan fingerprint density at radius 2 is 2.10 bits per heavy atom. The average Bonchev–Trinajstić information content (AvgIpc) is 3.50. The van der Waals surface area contributed by atoms with Crippen LogP contribution in [0.3, 0.4) is 0 Å². The summed E-state index contributed by atoms with van der Waals surface area (Å²) in [5.74, 6) is 1.71. The van der Waals surface area contributed by atoms with Crippen LogP contribution in [0.2, 0.25) is 0 Å². The van der Waals surface area contributed by atoms with Gasteiger partial charge in [0.2, 0.25) is 0 Å². The Hall–Kier alpha value is -2.69. The van der Waals surface area contributed by atoms with Crippen LogP contribution in [0.25, 0.3) is 0 Å². The van der Waals surface area contributed by atoms with E-state index in [0.29, 0.717) is 12.1 Å². The third-order valence-corrected chi connectivity index (χ3v) is 6.40. The van der Waals surface area contributed by atoms with Gasteiger partial charge in [-0.25, -0.2) is 9.97 Å². The number of hydrogen-bond donors (Lipinski definition) is 0. The maximum atomic E-state index is 13.0. The molecule has 2 aliphatic rings. The summed E-state index contributed by atoms with van der Waals surface area (Å²) in [6, 6.07) is 8.33. The molecule has 164 valence electrons. The first-order valence-electron chi connectivity index (χ1n) is 11.6. The van der Waals surface area contributed by atoms with Gasteiger partial charge in [0.05, 0.1) is 0 Å². The third kappa shape index (κ3) is 5.52. The smallest absolute Gasteiger partial charge is 0.185 e. The number of nitrogens with zero attached hydrogens (tertiary/aromatic N) is 4. The van der Waals surface area contributed by atoms with E-state index < -0.39 is 0 Å². The molecule has 1 saturated carbocycles. The second-order valence-corrected chi connectivity index (χ2v) is 9.10. The fourth-order valence-corrected chi connectivity index (χ4v) is 4.37. The number of benzene rings is 1. The zero-order valence-electron chi connectivity index (χ0n) is 18.9. The van der Waals surface area contributed by atoms with E-state index in [-0.39, 0.29) is 5.78 Å². The lowest BCUT2D eigenvalue weighted by Crippen LogP contribution is -2.27. The highest BCUT2D eigenvalue weighted by molar-refractivity contribution is 5.96. The van der Waals surface area contributed by atoms with Crippen LogP contribution in [0, 0.1) is 12.8 Å². The highest BCUT2D eigenvalue weighted by Gasteiger charge is 2.25. The van der Waals surface area contributed by atoms with Gasteiger partial charge in [-0.05, 0) is 61.6 Å². The van der Waals surface area contributed by atoms with E-state index in [1.54, 1.807) is 0 Å². The van der Waals surface area contributed by atoms with Crippen molar-refractivity contribution in [1.82, 2.24) is 14.9 Å². The van der Waals surface area contributed by atoms with Gasteiger partial charge in [-0.3, -0.25) is 4.79 Å². The van der Waals surface area contributed by atoms with Gasteiger partial charge in [0.15, 0.2) is 5.78 Å². The van der Waals surface area contributed by atoms with E-state index in [0.717, 1.165) is 61.9 Å². The standard InChI is InChI=1S/C26H34N4O/c1-4-11-30(16-21-7-8-21)26-15-24(27-18-28-26)25(31)14-23-10-9-22(13-19(23)2)17-29-12-5-6-20(29)3/h9-10,13,15,18,21H,3-8,11-12,14,16-17H2,1-2H3. The van der Waals surface area contributed by atoms with E-state index >= 15 is 0 Å². The molecule has 5 heteroatoms. The minimum absolute atomic E-state index is 0.0512. The van der Waals surface area contributed by atoms with Crippen molar-refractivity contribution >= 4 is 11.6 Å². The molecule has 1 aromatic carbocycles. The Labute approximate surface area is 186 Å². The molecule has 0 N–H and O–H groups in total. The van der Waals surface area contributed by atoms with Crippen LogP contribution in [-0.2, 0) is 13.0 Å². The van der Waals surface area contributed by atoms with Gasteiger partial charge in [-0.1, -0.05) is 31.7 Å². The Bertz CT molecular complexity index is 950. The number of aromatic nitrogens is 2. The Balaban J connectivity index is 1.43. The van der Waals surface area contributed by atoms with Gasteiger partial charge in [-0.15, -0.1) is 0 Å². The molecule has 0 bridgehead atoms. The van der Waals surface area contributed by atoms with Gasteiger partial charge in [-0.2, -0.15) is 0 Å². The fraction of sp³-hybridized carbons (Fsp3) is 0.500. The van der Waals surface area contributed by atoms with Crippen LogP contribution in [0.4, 0.5) is 5.82 Å². The summed E-state index contributed by atoms with van der Waals surface area (Å²) in [6.45, 7) is 12.4. The van der Waals surface area contributed by atoms with Crippen molar-refractivity contribution in [2.24, 2.45) is 5.92 Å². The van der Waals surface area contributed by atoms with Crippen LogP contribution in [-0.4, -0.2) is 40.3 Å². The highest BCUT2D eigenvalue weighted by atomic mass is 16.1. The lowest BCUT2D eigenvalue weighted by molar-refractivity contribution is 0.0988. The van der Waals surface area contributed by atoms with E-state index in [1.165, 1.54) is 36.9 Å². The molecule has 5 nitrogen and oxygen atoms in total. The molecular formula is C26H34N4O. The monoisotopic (exact) mass is 418 g/mol. The van der Waals surface area contributed by atoms with Crippen molar-refractivity contribution in [3.05, 3.63) is 65.3 Å². The number of carbonyl (C=O) groups is 1. The molecule has 0 amide bonds. The summed E-state index contributed by atoms with van der Waals surface area (Å²) in [4.78, 5) is 26.4. The number of likely N-dealkylation sites (tertiary alicyclic amines) is 1. The second kappa shape index (κ2) is 9.63. The van der Waals surface area contributed by atoms with E-state index in [2.05, 4.69) is 58.4 Å². The van der Waals surface area contributed by atoms with Crippen molar-refractivity contribution in [3.8, 4) is 0 Å². The molecule has 1 aromatic heterocycles. The first kappa shape index (κ1) is 21.5. The molecule has 4 rings (SSSR count). The zero-order valence-corrected chi connectivity index (χ0v) is 18.9. The number of aryl methyl sites for hydroxylation is 1. The molecule has 0 unspecified atom stereocenters. The summed E-state index contributed by atoms with van der Waals surface area (Å²) in [5.41, 5.74) is 5.24. The normalized spacial score (nSPS) is 16.1. The van der Waals surface area contributed by atoms with Gasteiger partial charge in [0, 0.05) is 44.4 Å². The zero-order chi connectivity index (χ0) is 21.8. The minimum atomic E-state index is 0.0512. The number of anilines is 1. The molecule has 1 saturated heterocycles. The van der Waals surface area contributed by atoms with Crippen LogP contribution in [0.15, 0.2) is 42.9 Å². The molecule has 2 aromatic rings. The van der Waals surface area contributed by atoms with Crippen LogP contribution >= 0.6 is 0 Å². The second-order valence-electron chi connectivity index (χ2n) is 9.10. The van der Waals surface area contributed by atoms with Crippen molar-refractivity contribution in [2.75, 3.05) is 24.5 Å². The molecule has 31 heavy (non-hydrogen) atoms. The molecule has 0 atom stereocenters. The molecule has 0 spiro atoms. The number of rotatable bonds is 10. The predicted molar refractivity (Wildman–Crippen MR) is 125 cm³/mol. The van der Waals surface area contributed by atoms with Crippen molar-refractivity contribution in [2.45, 2.75) is 58.9 Å². The van der Waals surface area contributed by atoms with Crippen LogP contribution in [0.1, 0.15) is 66.2 Å². The molecule has 1 aliphatic carbocycles. The van der Waals surface area contributed by atoms with E-state index in [4.69, 9.17) is 0 Å². The minimum Gasteiger partial charge on any atom is -0.371 e. The number of ketones is 1. The van der Waals surface area contributed by atoms with E-state index in [9.17, 15) is 4.79 Å². The summed E-state index contributed by atoms with van der Waals surface area (Å²) < 4.78 is 0. The first-order valence-corrected chi connectivity index (χ1v) is 11.6. The highest BCUT2D eigenvalue weighted by Crippen LogP contribution is 2.31. The first-order chi connectivity index (χ1) is 15.0.